The topological polar surface area (TPSA) is 32.5 Å². The minimum atomic E-state index is 0.352. The summed E-state index contributed by atoms with van der Waals surface area (Å²) < 4.78 is 0. The van der Waals surface area contributed by atoms with Gasteiger partial charge in [-0.3, -0.25) is 0 Å². The van der Waals surface area contributed by atoms with Crippen LogP contribution in [0.4, 0.5) is 0 Å². The minimum Gasteiger partial charge on any atom is -0.328 e. The van der Waals surface area contributed by atoms with E-state index in [-0.39, 0.29) is 0 Å². The van der Waals surface area contributed by atoms with Crippen molar-refractivity contribution in [2.45, 2.75) is 39.2 Å². The fourth-order valence-electron chi connectivity index (χ4n) is 1.68. The lowest BCUT2D eigenvalue weighted by atomic mass is 10.2. The standard InChI is InChI=1S/C12H29N3/c1-5-15(10-6-8-12(2)13)11-7-9-14(3)4/h12H,5-11,13H2,1-4H3. The summed E-state index contributed by atoms with van der Waals surface area (Å²) in [6.07, 6.45) is 3.64. The van der Waals surface area contributed by atoms with Crippen LogP contribution >= 0.6 is 0 Å². The SMILES string of the molecule is CCN(CCCC(C)N)CCCN(C)C. The lowest BCUT2D eigenvalue weighted by molar-refractivity contribution is 0.260. The molecule has 0 amide bonds. The Balaban J connectivity index is 3.46. The van der Waals surface area contributed by atoms with Crippen LogP contribution in [0.25, 0.3) is 0 Å². The Hall–Kier alpha value is -0.120. The summed E-state index contributed by atoms with van der Waals surface area (Å²) in [4.78, 5) is 4.77. The van der Waals surface area contributed by atoms with Crippen molar-refractivity contribution in [3.8, 4) is 0 Å². The third kappa shape index (κ3) is 10.2. The first-order valence-electron chi connectivity index (χ1n) is 6.19. The summed E-state index contributed by atoms with van der Waals surface area (Å²) in [6.45, 7) is 9.08. The third-order valence-corrected chi connectivity index (χ3v) is 2.66. The molecule has 0 bridgehead atoms. The molecule has 0 aromatic carbocycles. The first-order chi connectivity index (χ1) is 7.06. The maximum Gasteiger partial charge on any atom is 0.00109 e. The van der Waals surface area contributed by atoms with Gasteiger partial charge in [0.2, 0.25) is 0 Å². The number of nitrogens with two attached hydrogens (primary N) is 1. The molecule has 0 aromatic heterocycles. The molecule has 0 saturated carbocycles. The largest absolute Gasteiger partial charge is 0.328 e. The van der Waals surface area contributed by atoms with Gasteiger partial charge in [-0.15, -0.1) is 0 Å². The summed E-state index contributed by atoms with van der Waals surface area (Å²) >= 11 is 0. The van der Waals surface area contributed by atoms with Gasteiger partial charge in [-0.1, -0.05) is 6.92 Å². The van der Waals surface area contributed by atoms with Gasteiger partial charge in [0.15, 0.2) is 0 Å². The van der Waals surface area contributed by atoms with Crippen LogP contribution < -0.4 is 5.73 Å². The van der Waals surface area contributed by atoms with Crippen LogP contribution in [0.2, 0.25) is 0 Å². The van der Waals surface area contributed by atoms with Crippen LogP contribution in [0.1, 0.15) is 33.1 Å². The second-order valence-corrected chi connectivity index (χ2v) is 4.71. The van der Waals surface area contributed by atoms with E-state index in [9.17, 15) is 0 Å². The van der Waals surface area contributed by atoms with Gasteiger partial charge in [0.1, 0.15) is 0 Å². The second-order valence-electron chi connectivity index (χ2n) is 4.71. The molecule has 0 aliphatic heterocycles. The van der Waals surface area contributed by atoms with Gasteiger partial charge in [0.25, 0.3) is 0 Å². The summed E-state index contributed by atoms with van der Waals surface area (Å²) in [5.41, 5.74) is 5.73. The highest BCUT2D eigenvalue weighted by Gasteiger charge is 2.03. The predicted octanol–water partition coefficient (Wildman–Crippen LogP) is 1.39. The van der Waals surface area contributed by atoms with Crippen LogP contribution in [0, 0.1) is 0 Å². The van der Waals surface area contributed by atoms with Crippen molar-refractivity contribution in [1.29, 1.82) is 0 Å². The van der Waals surface area contributed by atoms with E-state index < -0.39 is 0 Å². The Morgan fingerprint density at radius 1 is 1.07 bits per heavy atom. The molecule has 3 heteroatoms. The maximum absolute atomic E-state index is 5.73. The van der Waals surface area contributed by atoms with Gasteiger partial charge < -0.3 is 15.5 Å². The van der Waals surface area contributed by atoms with Crippen molar-refractivity contribution < 1.29 is 0 Å². The zero-order chi connectivity index (χ0) is 11.7. The molecule has 0 saturated heterocycles. The Labute approximate surface area is 95.6 Å². The van der Waals surface area contributed by atoms with E-state index in [1.165, 1.54) is 32.5 Å². The molecule has 1 atom stereocenters. The molecule has 0 radical (unpaired) electrons. The van der Waals surface area contributed by atoms with E-state index in [1.54, 1.807) is 0 Å². The lowest BCUT2D eigenvalue weighted by Gasteiger charge is -2.21. The van der Waals surface area contributed by atoms with Crippen molar-refractivity contribution >= 4 is 0 Å². The quantitative estimate of drug-likeness (QED) is 0.631. The summed E-state index contributed by atoms with van der Waals surface area (Å²) in [5.74, 6) is 0. The van der Waals surface area contributed by atoms with Gasteiger partial charge in [0.05, 0.1) is 0 Å². The average molecular weight is 215 g/mol. The van der Waals surface area contributed by atoms with Crippen LogP contribution in [-0.4, -0.2) is 56.1 Å². The highest BCUT2D eigenvalue weighted by Crippen LogP contribution is 1.99. The molecule has 92 valence electrons. The zero-order valence-electron chi connectivity index (χ0n) is 11.0. The first-order valence-corrected chi connectivity index (χ1v) is 6.19. The predicted molar refractivity (Wildman–Crippen MR) is 68.2 cm³/mol. The summed E-state index contributed by atoms with van der Waals surface area (Å²) in [7, 11) is 4.26. The van der Waals surface area contributed by atoms with Crippen molar-refractivity contribution in [3.63, 3.8) is 0 Å². The van der Waals surface area contributed by atoms with Gasteiger partial charge in [-0.2, -0.15) is 0 Å². The van der Waals surface area contributed by atoms with Crippen molar-refractivity contribution in [3.05, 3.63) is 0 Å². The zero-order valence-corrected chi connectivity index (χ0v) is 11.0. The minimum absolute atomic E-state index is 0.352. The Bertz CT molecular complexity index is 121. The molecule has 0 spiro atoms. The Morgan fingerprint density at radius 3 is 2.13 bits per heavy atom. The first kappa shape index (κ1) is 14.9. The summed E-state index contributed by atoms with van der Waals surface area (Å²) in [5, 5.41) is 0. The maximum atomic E-state index is 5.73. The fourth-order valence-corrected chi connectivity index (χ4v) is 1.68. The van der Waals surface area contributed by atoms with Gasteiger partial charge in [0, 0.05) is 6.04 Å². The number of hydrogen-bond acceptors (Lipinski definition) is 3. The number of nitrogens with zero attached hydrogens (tertiary/aromatic N) is 2. The fraction of sp³-hybridized carbons (Fsp3) is 1.00. The smallest absolute Gasteiger partial charge is 0.00109 e. The third-order valence-electron chi connectivity index (χ3n) is 2.66. The molecule has 15 heavy (non-hydrogen) atoms. The number of hydrogen-bond donors (Lipinski definition) is 1. The molecule has 0 heterocycles. The average Bonchev–Trinajstić information content (AvgIpc) is 2.14. The van der Waals surface area contributed by atoms with Crippen molar-refractivity contribution in [2.75, 3.05) is 40.3 Å². The Kier molecular flexibility index (Phi) is 9.06. The summed E-state index contributed by atoms with van der Waals surface area (Å²) in [6, 6.07) is 0.352. The molecular weight excluding hydrogens is 186 g/mol. The van der Waals surface area contributed by atoms with E-state index >= 15 is 0 Å². The van der Waals surface area contributed by atoms with E-state index in [0.29, 0.717) is 6.04 Å². The van der Waals surface area contributed by atoms with Crippen LogP contribution in [-0.2, 0) is 0 Å². The molecule has 0 rings (SSSR count). The van der Waals surface area contributed by atoms with E-state index in [1.807, 2.05) is 0 Å². The van der Waals surface area contributed by atoms with Crippen molar-refractivity contribution in [2.24, 2.45) is 5.73 Å². The highest BCUT2D eigenvalue weighted by atomic mass is 15.1. The molecule has 0 aliphatic carbocycles. The molecular formula is C12H29N3. The normalized spacial score (nSPS) is 13.8. The van der Waals surface area contributed by atoms with Crippen LogP contribution in [0.15, 0.2) is 0 Å². The van der Waals surface area contributed by atoms with Gasteiger partial charge in [-0.05, 0) is 66.5 Å². The number of rotatable bonds is 9. The molecule has 3 nitrogen and oxygen atoms in total. The molecule has 1 unspecified atom stereocenters. The van der Waals surface area contributed by atoms with Crippen molar-refractivity contribution in [1.82, 2.24) is 9.80 Å². The molecule has 0 aliphatic rings. The van der Waals surface area contributed by atoms with E-state index in [2.05, 4.69) is 37.7 Å². The van der Waals surface area contributed by atoms with E-state index in [0.717, 1.165) is 13.0 Å². The second kappa shape index (κ2) is 9.13. The lowest BCUT2D eigenvalue weighted by Crippen LogP contribution is -2.29. The van der Waals surface area contributed by atoms with Gasteiger partial charge >= 0.3 is 0 Å². The molecule has 0 fully saturated rings. The molecule has 2 N–H and O–H groups in total. The van der Waals surface area contributed by atoms with Crippen LogP contribution in [0.5, 0.6) is 0 Å². The highest BCUT2D eigenvalue weighted by molar-refractivity contribution is 4.60. The van der Waals surface area contributed by atoms with Crippen LogP contribution in [0.3, 0.4) is 0 Å². The van der Waals surface area contributed by atoms with Gasteiger partial charge in [-0.25, -0.2) is 0 Å². The molecule has 0 aromatic rings. The Morgan fingerprint density at radius 2 is 1.67 bits per heavy atom. The monoisotopic (exact) mass is 215 g/mol. The van der Waals surface area contributed by atoms with E-state index in [4.69, 9.17) is 5.73 Å².